The van der Waals surface area contributed by atoms with Crippen LogP contribution < -0.4 is 10.1 Å². The van der Waals surface area contributed by atoms with Crippen molar-refractivity contribution in [2.24, 2.45) is 0 Å². The van der Waals surface area contributed by atoms with Crippen LogP contribution in [0, 0.1) is 6.92 Å². The van der Waals surface area contributed by atoms with Crippen LogP contribution in [-0.4, -0.2) is 41.0 Å². The highest BCUT2D eigenvalue weighted by Crippen LogP contribution is 2.19. The van der Waals surface area contributed by atoms with Crippen LogP contribution in [-0.2, 0) is 6.54 Å². The van der Waals surface area contributed by atoms with E-state index in [1.54, 1.807) is 13.2 Å². The van der Waals surface area contributed by atoms with E-state index in [1.165, 1.54) is 12.8 Å². The number of carbonyl (C=O) groups excluding carboxylic acids is 1. The molecule has 1 aromatic carbocycles. The Balaban J connectivity index is 1.73. The maximum Gasteiger partial charge on any atom is 0.272 e. The van der Waals surface area contributed by atoms with E-state index in [4.69, 9.17) is 4.74 Å². The van der Waals surface area contributed by atoms with Crippen molar-refractivity contribution in [1.29, 1.82) is 0 Å². The quantitative estimate of drug-likeness (QED) is 0.891. The number of aryl methyl sites for hydroxylation is 1. The van der Waals surface area contributed by atoms with Crippen molar-refractivity contribution in [1.82, 2.24) is 14.9 Å². The zero-order valence-corrected chi connectivity index (χ0v) is 15.5. The first-order valence-corrected chi connectivity index (χ1v) is 9.18. The topological polar surface area (TPSA) is 67.3 Å². The highest BCUT2D eigenvalue weighted by atomic mass is 16.5. The van der Waals surface area contributed by atoms with Gasteiger partial charge in [-0.05, 0) is 31.9 Å². The molecule has 0 atom stereocenters. The minimum absolute atomic E-state index is 0.00209. The van der Waals surface area contributed by atoms with Crippen molar-refractivity contribution < 1.29 is 9.53 Å². The summed E-state index contributed by atoms with van der Waals surface area (Å²) in [5.74, 6) is 1.28. The first-order chi connectivity index (χ1) is 12.7. The smallest absolute Gasteiger partial charge is 0.272 e. The molecule has 0 aliphatic carbocycles. The third kappa shape index (κ3) is 4.50. The molecular weight excluding hydrogens is 328 g/mol. The average molecular weight is 354 g/mol. The Kier molecular flexibility index (Phi) is 6.04. The number of aromatic nitrogens is 2. The number of hydrogen-bond donors (Lipinski definition) is 1. The number of nitrogens with one attached hydrogen (secondary N) is 1. The van der Waals surface area contributed by atoms with E-state index in [-0.39, 0.29) is 5.91 Å². The molecule has 0 saturated carbocycles. The predicted molar refractivity (Wildman–Crippen MR) is 101 cm³/mol. The lowest BCUT2D eigenvalue weighted by atomic mass is 10.2. The predicted octanol–water partition coefficient (Wildman–Crippen LogP) is 3.42. The summed E-state index contributed by atoms with van der Waals surface area (Å²) in [6.45, 7) is 4.04. The summed E-state index contributed by atoms with van der Waals surface area (Å²) < 4.78 is 5.37. The lowest BCUT2D eigenvalue weighted by molar-refractivity contribution is 0.0755. The molecule has 0 unspecified atom stereocenters. The second-order valence-electron chi connectivity index (χ2n) is 6.59. The van der Waals surface area contributed by atoms with Crippen LogP contribution in [0.1, 0.15) is 47.4 Å². The molecule has 2 aromatic rings. The Bertz CT molecular complexity index is 755. The van der Waals surface area contributed by atoms with Gasteiger partial charge in [-0.3, -0.25) is 4.79 Å². The summed E-state index contributed by atoms with van der Waals surface area (Å²) in [6.07, 6.45) is 4.51. The van der Waals surface area contributed by atoms with Gasteiger partial charge in [0, 0.05) is 30.9 Å². The molecule has 138 valence electrons. The molecule has 0 radical (unpaired) electrons. The normalized spacial score (nSPS) is 14.6. The van der Waals surface area contributed by atoms with Gasteiger partial charge in [0.25, 0.3) is 5.91 Å². The summed E-state index contributed by atoms with van der Waals surface area (Å²) in [5.41, 5.74) is 2.25. The van der Waals surface area contributed by atoms with Gasteiger partial charge >= 0.3 is 0 Å². The SMILES string of the molecule is COc1ccccc1CNc1nc(C)cc(C(=O)N2CCCCCC2)n1. The third-order valence-electron chi connectivity index (χ3n) is 4.60. The summed E-state index contributed by atoms with van der Waals surface area (Å²) in [5, 5.41) is 3.21. The first kappa shape index (κ1) is 18.2. The highest BCUT2D eigenvalue weighted by molar-refractivity contribution is 5.92. The Hall–Kier alpha value is -2.63. The van der Waals surface area contributed by atoms with Crippen LogP contribution in [0.25, 0.3) is 0 Å². The minimum Gasteiger partial charge on any atom is -0.496 e. The summed E-state index contributed by atoms with van der Waals surface area (Å²) in [4.78, 5) is 23.6. The molecule has 1 saturated heterocycles. The van der Waals surface area contributed by atoms with Gasteiger partial charge in [0.05, 0.1) is 7.11 Å². The molecule has 0 spiro atoms. The number of nitrogens with zero attached hydrogens (tertiary/aromatic N) is 3. The highest BCUT2D eigenvalue weighted by Gasteiger charge is 2.19. The van der Waals surface area contributed by atoms with Crippen molar-refractivity contribution in [3.8, 4) is 5.75 Å². The van der Waals surface area contributed by atoms with E-state index in [1.807, 2.05) is 36.1 Å². The van der Waals surface area contributed by atoms with Crippen molar-refractivity contribution in [3.63, 3.8) is 0 Å². The zero-order chi connectivity index (χ0) is 18.4. The van der Waals surface area contributed by atoms with Crippen LogP contribution >= 0.6 is 0 Å². The van der Waals surface area contributed by atoms with E-state index in [0.717, 1.165) is 42.9 Å². The van der Waals surface area contributed by atoms with Gasteiger partial charge in [-0.25, -0.2) is 9.97 Å². The van der Waals surface area contributed by atoms with E-state index in [9.17, 15) is 4.79 Å². The van der Waals surface area contributed by atoms with E-state index < -0.39 is 0 Å². The lowest BCUT2D eigenvalue weighted by Gasteiger charge is -2.20. The molecule has 1 aromatic heterocycles. The summed E-state index contributed by atoms with van der Waals surface area (Å²) >= 11 is 0. The number of hydrogen-bond acceptors (Lipinski definition) is 5. The first-order valence-electron chi connectivity index (χ1n) is 9.18. The maximum absolute atomic E-state index is 12.8. The number of methoxy groups -OCH3 is 1. The van der Waals surface area contributed by atoms with Crippen molar-refractivity contribution in [2.75, 3.05) is 25.5 Å². The zero-order valence-electron chi connectivity index (χ0n) is 15.5. The van der Waals surface area contributed by atoms with Crippen LogP contribution in [0.4, 0.5) is 5.95 Å². The van der Waals surface area contributed by atoms with Gasteiger partial charge in [0.2, 0.25) is 5.95 Å². The molecular formula is C20H26N4O2. The van der Waals surface area contributed by atoms with Gasteiger partial charge in [-0.2, -0.15) is 0 Å². The maximum atomic E-state index is 12.8. The molecule has 1 amide bonds. The van der Waals surface area contributed by atoms with Crippen molar-refractivity contribution in [3.05, 3.63) is 47.3 Å². The number of rotatable bonds is 5. The van der Waals surface area contributed by atoms with Crippen LogP contribution in [0.5, 0.6) is 5.75 Å². The van der Waals surface area contributed by atoms with E-state index >= 15 is 0 Å². The second kappa shape index (κ2) is 8.65. The molecule has 1 aliphatic rings. The van der Waals surface area contributed by atoms with Crippen LogP contribution in [0.2, 0.25) is 0 Å². The Morgan fingerprint density at radius 3 is 2.62 bits per heavy atom. The second-order valence-corrected chi connectivity index (χ2v) is 6.59. The van der Waals surface area contributed by atoms with Gasteiger partial charge < -0.3 is 15.0 Å². The van der Waals surface area contributed by atoms with Crippen molar-refractivity contribution in [2.45, 2.75) is 39.2 Å². The van der Waals surface area contributed by atoms with E-state index in [2.05, 4.69) is 15.3 Å². The monoisotopic (exact) mass is 354 g/mol. The van der Waals surface area contributed by atoms with Gasteiger partial charge in [-0.15, -0.1) is 0 Å². The fourth-order valence-corrected chi connectivity index (χ4v) is 3.22. The number of carbonyl (C=O) groups is 1. The largest absolute Gasteiger partial charge is 0.496 e. The molecule has 3 rings (SSSR count). The molecule has 1 aliphatic heterocycles. The minimum atomic E-state index is -0.00209. The third-order valence-corrected chi connectivity index (χ3v) is 4.60. The number of amides is 1. The van der Waals surface area contributed by atoms with Gasteiger partial charge in [0.1, 0.15) is 11.4 Å². The van der Waals surface area contributed by atoms with Crippen LogP contribution in [0.15, 0.2) is 30.3 Å². The molecule has 6 nitrogen and oxygen atoms in total. The Morgan fingerprint density at radius 1 is 1.15 bits per heavy atom. The molecule has 0 bridgehead atoms. The number of likely N-dealkylation sites (tertiary alicyclic amines) is 1. The number of benzene rings is 1. The lowest BCUT2D eigenvalue weighted by Crippen LogP contribution is -2.32. The molecule has 2 heterocycles. The number of anilines is 1. The van der Waals surface area contributed by atoms with Crippen molar-refractivity contribution >= 4 is 11.9 Å². The molecule has 1 fully saturated rings. The molecule has 26 heavy (non-hydrogen) atoms. The van der Waals surface area contributed by atoms with Gasteiger partial charge in [-0.1, -0.05) is 31.0 Å². The van der Waals surface area contributed by atoms with Gasteiger partial charge in [0.15, 0.2) is 0 Å². The Labute approximate surface area is 154 Å². The molecule has 1 N–H and O–H groups in total. The number of para-hydroxylation sites is 1. The molecule has 6 heteroatoms. The Morgan fingerprint density at radius 2 is 1.88 bits per heavy atom. The fraction of sp³-hybridized carbons (Fsp3) is 0.450. The average Bonchev–Trinajstić information content (AvgIpc) is 2.95. The summed E-state index contributed by atoms with van der Waals surface area (Å²) in [6, 6.07) is 9.57. The van der Waals surface area contributed by atoms with E-state index in [0.29, 0.717) is 18.2 Å². The summed E-state index contributed by atoms with van der Waals surface area (Å²) in [7, 11) is 1.65. The van der Waals surface area contributed by atoms with Crippen LogP contribution in [0.3, 0.4) is 0 Å². The fourth-order valence-electron chi connectivity index (χ4n) is 3.22. The standard InChI is InChI=1S/C20H26N4O2/c1-15-13-17(19(25)24-11-7-3-4-8-12-24)23-20(22-15)21-14-16-9-5-6-10-18(16)26-2/h5-6,9-10,13H,3-4,7-8,11-12,14H2,1-2H3,(H,21,22,23). The number of ether oxygens (including phenoxy) is 1.